The molecular formula is C17H13ClN4O2S. The van der Waals surface area contributed by atoms with E-state index in [2.05, 4.69) is 20.0 Å². The fraction of sp³-hybridized carbons (Fsp3) is 0.0588. The lowest BCUT2D eigenvalue weighted by Crippen LogP contribution is -2.01. The number of hydrogen-bond donors (Lipinski definition) is 1. The Morgan fingerprint density at radius 3 is 2.56 bits per heavy atom. The fourth-order valence-electron chi connectivity index (χ4n) is 2.13. The maximum atomic E-state index is 11.4. The van der Waals surface area contributed by atoms with Gasteiger partial charge in [0.2, 0.25) is 4.77 Å². The standard InChI is InChI=1S/C17H13ClN4O2S/c1-24-16(23)13-4-2-11(3-5-13)10-19-22-15(20-21-17(22)25)12-6-8-14(18)9-7-12/h2-10H,1H3,(H,21,25)/b19-10-. The van der Waals surface area contributed by atoms with Crippen LogP contribution in [0.1, 0.15) is 15.9 Å². The largest absolute Gasteiger partial charge is 0.465 e. The van der Waals surface area contributed by atoms with E-state index in [0.717, 1.165) is 11.1 Å². The molecule has 0 saturated carbocycles. The molecule has 1 aromatic heterocycles. The number of esters is 1. The summed E-state index contributed by atoms with van der Waals surface area (Å²) in [6, 6.07) is 14.1. The lowest BCUT2D eigenvalue weighted by atomic mass is 10.1. The van der Waals surface area contributed by atoms with Gasteiger partial charge < -0.3 is 4.74 Å². The normalized spacial score (nSPS) is 11.0. The van der Waals surface area contributed by atoms with Gasteiger partial charge in [-0.05, 0) is 54.2 Å². The molecule has 1 heterocycles. The van der Waals surface area contributed by atoms with E-state index in [1.165, 1.54) is 11.8 Å². The van der Waals surface area contributed by atoms with Gasteiger partial charge in [0.25, 0.3) is 0 Å². The first-order valence-corrected chi connectivity index (χ1v) is 8.03. The number of hydrogen-bond acceptors (Lipinski definition) is 5. The minimum atomic E-state index is -0.384. The number of carbonyl (C=O) groups is 1. The Labute approximate surface area is 153 Å². The van der Waals surface area contributed by atoms with Crippen molar-refractivity contribution in [2.75, 3.05) is 7.11 Å². The van der Waals surface area contributed by atoms with Gasteiger partial charge in [-0.3, -0.25) is 0 Å². The first kappa shape index (κ1) is 17.1. The van der Waals surface area contributed by atoms with E-state index in [1.54, 1.807) is 42.6 Å². The van der Waals surface area contributed by atoms with Crippen molar-refractivity contribution in [3.63, 3.8) is 0 Å². The van der Waals surface area contributed by atoms with Crippen LogP contribution in [0.5, 0.6) is 0 Å². The smallest absolute Gasteiger partial charge is 0.337 e. The van der Waals surface area contributed by atoms with E-state index in [4.69, 9.17) is 23.8 Å². The molecule has 0 bridgehead atoms. The lowest BCUT2D eigenvalue weighted by molar-refractivity contribution is 0.0600. The van der Waals surface area contributed by atoms with Gasteiger partial charge in [0.15, 0.2) is 5.82 Å². The topological polar surface area (TPSA) is 72.3 Å². The Bertz CT molecular complexity index is 975. The number of nitrogens with one attached hydrogen (secondary N) is 1. The number of aromatic amines is 1. The van der Waals surface area contributed by atoms with Crippen LogP contribution in [0, 0.1) is 4.77 Å². The number of methoxy groups -OCH3 is 1. The van der Waals surface area contributed by atoms with Crippen molar-refractivity contribution in [1.29, 1.82) is 0 Å². The predicted octanol–water partition coefficient (Wildman–Crippen LogP) is 3.93. The second-order valence-corrected chi connectivity index (χ2v) is 5.85. The first-order valence-electron chi connectivity index (χ1n) is 7.24. The van der Waals surface area contributed by atoms with Gasteiger partial charge in [-0.25, -0.2) is 9.89 Å². The van der Waals surface area contributed by atoms with Crippen molar-refractivity contribution >= 4 is 36.0 Å². The molecule has 0 spiro atoms. The third kappa shape index (κ3) is 3.84. The van der Waals surface area contributed by atoms with Crippen molar-refractivity contribution in [3.8, 4) is 11.4 Å². The molecule has 25 heavy (non-hydrogen) atoms. The maximum absolute atomic E-state index is 11.4. The monoisotopic (exact) mass is 372 g/mol. The lowest BCUT2D eigenvalue weighted by Gasteiger charge is -2.02. The summed E-state index contributed by atoms with van der Waals surface area (Å²) in [5, 5.41) is 11.9. The van der Waals surface area contributed by atoms with Gasteiger partial charge in [0, 0.05) is 10.6 Å². The number of ether oxygens (including phenoxy) is 1. The molecule has 0 atom stereocenters. The highest BCUT2D eigenvalue weighted by Gasteiger charge is 2.08. The zero-order valence-electron chi connectivity index (χ0n) is 13.1. The molecule has 0 aliphatic carbocycles. The van der Waals surface area contributed by atoms with Crippen LogP contribution in [0.4, 0.5) is 0 Å². The summed E-state index contributed by atoms with van der Waals surface area (Å²) in [5.41, 5.74) is 2.11. The highest BCUT2D eigenvalue weighted by Crippen LogP contribution is 2.19. The number of halogens is 1. The SMILES string of the molecule is COC(=O)c1ccc(/C=N\n2c(-c3ccc(Cl)cc3)n[nH]c2=S)cc1. The number of aromatic nitrogens is 3. The molecule has 0 saturated heterocycles. The molecule has 0 fully saturated rings. The van der Waals surface area contributed by atoms with E-state index in [9.17, 15) is 4.79 Å². The highest BCUT2D eigenvalue weighted by molar-refractivity contribution is 7.71. The minimum Gasteiger partial charge on any atom is -0.465 e. The number of rotatable bonds is 4. The molecule has 1 N–H and O–H groups in total. The number of carbonyl (C=O) groups excluding carboxylic acids is 1. The summed E-state index contributed by atoms with van der Waals surface area (Å²) in [7, 11) is 1.34. The molecule has 0 radical (unpaired) electrons. The molecule has 0 unspecified atom stereocenters. The molecule has 2 aromatic carbocycles. The Morgan fingerprint density at radius 2 is 1.92 bits per heavy atom. The summed E-state index contributed by atoms with van der Waals surface area (Å²) in [5.74, 6) is 0.190. The van der Waals surface area contributed by atoms with Crippen LogP contribution in [0.15, 0.2) is 53.6 Å². The summed E-state index contributed by atoms with van der Waals surface area (Å²) in [4.78, 5) is 11.4. The van der Waals surface area contributed by atoms with Crippen LogP contribution < -0.4 is 0 Å². The van der Waals surface area contributed by atoms with Crippen LogP contribution in [0.3, 0.4) is 0 Å². The van der Waals surface area contributed by atoms with E-state index in [0.29, 0.717) is 21.2 Å². The average Bonchev–Trinajstić information content (AvgIpc) is 3.01. The van der Waals surface area contributed by atoms with Crippen LogP contribution >= 0.6 is 23.8 Å². The van der Waals surface area contributed by atoms with E-state index in [1.807, 2.05) is 12.1 Å². The zero-order chi connectivity index (χ0) is 17.8. The molecule has 3 rings (SSSR count). The van der Waals surface area contributed by atoms with Crippen molar-refractivity contribution in [2.45, 2.75) is 0 Å². The summed E-state index contributed by atoms with van der Waals surface area (Å²) >= 11 is 11.1. The van der Waals surface area contributed by atoms with Crippen LogP contribution in [-0.4, -0.2) is 34.2 Å². The van der Waals surface area contributed by atoms with E-state index < -0.39 is 0 Å². The molecule has 0 amide bonds. The maximum Gasteiger partial charge on any atom is 0.337 e. The molecule has 3 aromatic rings. The fourth-order valence-corrected chi connectivity index (χ4v) is 2.44. The van der Waals surface area contributed by atoms with Gasteiger partial charge in [0.1, 0.15) is 0 Å². The van der Waals surface area contributed by atoms with Gasteiger partial charge in [-0.15, -0.1) is 0 Å². The summed E-state index contributed by atoms with van der Waals surface area (Å²) in [6.45, 7) is 0. The van der Waals surface area contributed by atoms with Crippen molar-refractivity contribution in [1.82, 2.24) is 14.9 Å². The zero-order valence-corrected chi connectivity index (χ0v) is 14.7. The van der Waals surface area contributed by atoms with Crippen LogP contribution in [0.25, 0.3) is 11.4 Å². The van der Waals surface area contributed by atoms with Crippen LogP contribution in [-0.2, 0) is 4.74 Å². The number of benzene rings is 2. The quantitative estimate of drug-likeness (QED) is 0.428. The number of nitrogens with zero attached hydrogens (tertiary/aromatic N) is 3. The Balaban J connectivity index is 1.89. The third-order valence-corrected chi connectivity index (χ3v) is 3.92. The predicted molar refractivity (Wildman–Crippen MR) is 98.6 cm³/mol. The van der Waals surface area contributed by atoms with Crippen LogP contribution in [0.2, 0.25) is 5.02 Å². The summed E-state index contributed by atoms with van der Waals surface area (Å²) < 4.78 is 6.56. The molecule has 0 aliphatic rings. The number of H-pyrrole nitrogens is 1. The third-order valence-electron chi connectivity index (χ3n) is 3.41. The summed E-state index contributed by atoms with van der Waals surface area (Å²) in [6.07, 6.45) is 1.63. The Hall–Kier alpha value is -2.77. The Morgan fingerprint density at radius 1 is 1.24 bits per heavy atom. The van der Waals surface area contributed by atoms with E-state index >= 15 is 0 Å². The van der Waals surface area contributed by atoms with Crippen molar-refractivity contribution in [3.05, 3.63) is 69.5 Å². The molecule has 8 heteroatoms. The highest BCUT2D eigenvalue weighted by atomic mass is 35.5. The van der Waals surface area contributed by atoms with Gasteiger partial charge in [-0.2, -0.15) is 14.9 Å². The Kier molecular flexibility index (Phi) is 5.06. The van der Waals surface area contributed by atoms with E-state index in [-0.39, 0.29) is 5.97 Å². The van der Waals surface area contributed by atoms with Crippen molar-refractivity contribution < 1.29 is 9.53 Å². The molecule has 126 valence electrons. The molecule has 0 aliphatic heterocycles. The van der Waals surface area contributed by atoms with Gasteiger partial charge in [-0.1, -0.05) is 23.7 Å². The second-order valence-electron chi connectivity index (χ2n) is 5.03. The minimum absolute atomic E-state index is 0.368. The second kappa shape index (κ2) is 7.42. The van der Waals surface area contributed by atoms with Gasteiger partial charge in [0.05, 0.1) is 18.9 Å². The average molecular weight is 373 g/mol. The first-order chi connectivity index (χ1) is 12.1. The molecular weight excluding hydrogens is 360 g/mol. The van der Waals surface area contributed by atoms with Crippen molar-refractivity contribution in [2.24, 2.45) is 5.10 Å². The van der Waals surface area contributed by atoms with Gasteiger partial charge >= 0.3 is 5.97 Å². The molecule has 6 nitrogen and oxygen atoms in total.